The van der Waals surface area contributed by atoms with E-state index in [1.807, 2.05) is 0 Å². The van der Waals surface area contributed by atoms with Gasteiger partial charge in [-0.2, -0.15) is 0 Å². The summed E-state index contributed by atoms with van der Waals surface area (Å²) < 4.78 is 24.3. The van der Waals surface area contributed by atoms with E-state index in [-0.39, 0.29) is 5.75 Å². The van der Waals surface area contributed by atoms with Gasteiger partial charge in [0.05, 0.1) is 5.75 Å². The van der Waals surface area contributed by atoms with Crippen molar-refractivity contribution in [3.05, 3.63) is 33.8 Å². The van der Waals surface area contributed by atoms with E-state index >= 15 is 0 Å². The second-order valence-corrected chi connectivity index (χ2v) is 6.30. The Morgan fingerprint density at radius 2 is 1.87 bits per heavy atom. The van der Waals surface area contributed by atoms with Crippen molar-refractivity contribution in [2.24, 2.45) is 0 Å². The number of halogens is 2. The molecule has 0 heterocycles. The topological polar surface area (TPSA) is 37.4 Å². The Labute approximate surface area is 99.7 Å². The Morgan fingerprint density at radius 1 is 1.27 bits per heavy atom. The molecule has 15 heavy (non-hydrogen) atoms. The zero-order chi connectivity index (χ0) is 11.6. The van der Waals surface area contributed by atoms with Gasteiger partial charge in [-0.15, -0.1) is 0 Å². The minimum atomic E-state index is -3.30. The van der Waals surface area contributed by atoms with Gasteiger partial charge in [-0.25, -0.2) is 12.7 Å². The molecule has 1 rings (SSSR count). The van der Waals surface area contributed by atoms with Crippen molar-refractivity contribution < 1.29 is 8.42 Å². The highest BCUT2D eigenvalue weighted by Crippen LogP contribution is 2.23. The first-order valence-corrected chi connectivity index (χ1v) is 6.53. The van der Waals surface area contributed by atoms with Crippen molar-refractivity contribution in [1.82, 2.24) is 4.31 Å². The van der Waals surface area contributed by atoms with Gasteiger partial charge >= 0.3 is 0 Å². The predicted molar refractivity (Wildman–Crippen MR) is 62.8 cm³/mol. The quantitative estimate of drug-likeness (QED) is 0.844. The fourth-order valence-corrected chi connectivity index (χ4v) is 2.33. The summed E-state index contributed by atoms with van der Waals surface area (Å²) in [5.41, 5.74) is 0.512. The first kappa shape index (κ1) is 12.8. The summed E-state index contributed by atoms with van der Waals surface area (Å²) in [5, 5.41) is 0.883. The first-order valence-electron chi connectivity index (χ1n) is 4.17. The van der Waals surface area contributed by atoms with Gasteiger partial charge in [0.2, 0.25) is 10.0 Å². The molecule has 84 valence electrons. The lowest BCUT2D eigenvalue weighted by atomic mass is 10.2. The van der Waals surface area contributed by atoms with Crippen molar-refractivity contribution in [1.29, 1.82) is 0 Å². The molecule has 0 saturated heterocycles. The minimum Gasteiger partial charge on any atom is -0.212 e. The van der Waals surface area contributed by atoms with E-state index in [2.05, 4.69) is 0 Å². The maximum Gasteiger partial charge on any atom is 0.217 e. The number of benzene rings is 1. The third kappa shape index (κ3) is 3.34. The molecule has 0 N–H and O–H groups in total. The number of hydrogen-bond acceptors (Lipinski definition) is 2. The number of sulfonamides is 1. The zero-order valence-electron chi connectivity index (χ0n) is 8.37. The van der Waals surface area contributed by atoms with Gasteiger partial charge in [-0.3, -0.25) is 0 Å². The summed E-state index contributed by atoms with van der Waals surface area (Å²) >= 11 is 11.6. The van der Waals surface area contributed by atoms with Crippen LogP contribution in [0.15, 0.2) is 18.2 Å². The highest BCUT2D eigenvalue weighted by atomic mass is 35.5. The Balaban J connectivity index is 3.05. The standard InChI is InChI=1S/C9H11Cl2NO2S/c1-12(2)15(13,14)6-7-5-8(10)3-4-9(7)11/h3-5H,6H2,1-2H3. The molecule has 0 unspecified atom stereocenters. The Kier molecular flexibility index (Phi) is 4.00. The van der Waals surface area contributed by atoms with Crippen LogP contribution in [-0.4, -0.2) is 26.8 Å². The third-order valence-corrected chi connectivity index (χ3v) is 4.29. The van der Waals surface area contributed by atoms with Crippen molar-refractivity contribution in [3.63, 3.8) is 0 Å². The van der Waals surface area contributed by atoms with E-state index < -0.39 is 10.0 Å². The maximum absolute atomic E-state index is 11.6. The van der Waals surface area contributed by atoms with Crippen molar-refractivity contribution in [2.45, 2.75) is 5.75 Å². The van der Waals surface area contributed by atoms with Crippen LogP contribution in [0.1, 0.15) is 5.56 Å². The fraction of sp³-hybridized carbons (Fsp3) is 0.333. The van der Waals surface area contributed by atoms with E-state index in [1.54, 1.807) is 18.2 Å². The molecule has 0 atom stereocenters. The van der Waals surface area contributed by atoms with E-state index in [9.17, 15) is 8.42 Å². The van der Waals surface area contributed by atoms with Gasteiger partial charge in [0.25, 0.3) is 0 Å². The van der Waals surface area contributed by atoms with E-state index in [0.29, 0.717) is 15.6 Å². The van der Waals surface area contributed by atoms with Crippen molar-refractivity contribution >= 4 is 33.2 Å². The van der Waals surface area contributed by atoms with Crippen LogP contribution in [0.25, 0.3) is 0 Å². The lowest BCUT2D eigenvalue weighted by Gasteiger charge is -2.12. The maximum atomic E-state index is 11.6. The third-order valence-electron chi connectivity index (χ3n) is 1.90. The zero-order valence-corrected chi connectivity index (χ0v) is 10.7. The Morgan fingerprint density at radius 3 is 2.40 bits per heavy atom. The van der Waals surface area contributed by atoms with Gasteiger partial charge in [-0.05, 0) is 23.8 Å². The highest BCUT2D eigenvalue weighted by Gasteiger charge is 2.16. The summed E-state index contributed by atoms with van der Waals surface area (Å²) in [6.45, 7) is 0. The second kappa shape index (κ2) is 4.70. The Bertz CT molecular complexity index is 457. The van der Waals surface area contributed by atoms with Gasteiger partial charge < -0.3 is 0 Å². The second-order valence-electron chi connectivity index (χ2n) is 3.27. The summed E-state index contributed by atoms with van der Waals surface area (Å²) in [6.07, 6.45) is 0. The van der Waals surface area contributed by atoms with Crippen LogP contribution in [0, 0.1) is 0 Å². The fourth-order valence-electron chi connectivity index (χ4n) is 0.980. The molecule has 6 heteroatoms. The first-order chi connectivity index (χ1) is 6.83. The molecule has 0 bridgehead atoms. The molecule has 3 nitrogen and oxygen atoms in total. The molecule has 0 aliphatic heterocycles. The monoisotopic (exact) mass is 267 g/mol. The largest absolute Gasteiger partial charge is 0.217 e. The number of rotatable bonds is 3. The molecular weight excluding hydrogens is 257 g/mol. The molecule has 1 aromatic carbocycles. The molecule has 0 fully saturated rings. The summed E-state index contributed by atoms with van der Waals surface area (Å²) in [4.78, 5) is 0. The predicted octanol–water partition coefficient (Wildman–Crippen LogP) is 2.38. The summed E-state index contributed by atoms with van der Waals surface area (Å²) in [6, 6.07) is 4.77. The molecule has 0 spiro atoms. The number of hydrogen-bond donors (Lipinski definition) is 0. The molecule has 0 aliphatic rings. The molecule has 0 aromatic heterocycles. The van der Waals surface area contributed by atoms with E-state index in [4.69, 9.17) is 23.2 Å². The highest BCUT2D eigenvalue weighted by molar-refractivity contribution is 7.88. The van der Waals surface area contributed by atoms with Crippen molar-refractivity contribution in [3.8, 4) is 0 Å². The normalized spacial score (nSPS) is 12.1. The van der Waals surface area contributed by atoms with E-state index in [1.165, 1.54) is 14.1 Å². The number of nitrogens with zero attached hydrogens (tertiary/aromatic N) is 1. The van der Waals surface area contributed by atoms with Crippen LogP contribution >= 0.6 is 23.2 Å². The molecule has 0 amide bonds. The van der Waals surface area contributed by atoms with Crippen LogP contribution in [-0.2, 0) is 15.8 Å². The lowest BCUT2D eigenvalue weighted by molar-refractivity contribution is 0.520. The van der Waals surface area contributed by atoms with Gasteiger partial charge in [0.1, 0.15) is 0 Å². The van der Waals surface area contributed by atoms with Crippen LogP contribution in [0.4, 0.5) is 0 Å². The lowest BCUT2D eigenvalue weighted by Crippen LogP contribution is -2.23. The molecule has 0 radical (unpaired) electrons. The van der Waals surface area contributed by atoms with Gasteiger partial charge in [0.15, 0.2) is 0 Å². The summed E-state index contributed by atoms with van der Waals surface area (Å²) in [5.74, 6) is -0.139. The van der Waals surface area contributed by atoms with Crippen LogP contribution < -0.4 is 0 Å². The average Bonchev–Trinajstić information content (AvgIpc) is 2.10. The minimum absolute atomic E-state index is 0.139. The van der Waals surface area contributed by atoms with Crippen molar-refractivity contribution in [2.75, 3.05) is 14.1 Å². The summed E-state index contributed by atoms with van der Waals surface area (Å²) in [7, 11) is -0.340. The average molecular weight is 268 g/mol. The van der Waals surface area contributed by atoms with Gasteiger partial charge in [0, 0.05) is 24.1 Å². The van der Waals surface area contributed by atoms with Gasteiger partial charge in [-0.1, -0.05) is 23.2 Å². The molecular formula is C9H11Cl2NO2S. The van der Waals surface area contributed by atoms with Crippen LogP contribution in [0.5, 0.6) is 0 Å². The molecule has 0 saturated carbocycles. The van der Waals surface area contributed by atoms with Crippen LogP contribution in [0.3, 0.4) is 0 Å². The SMILES string of the molecule is CN(C)S(=O)(=O)Cc1cc(Cl)ccc1Cl. The smallest absolute Gasteiger partial charge is 0.212 e. The Hall–Kier alpha value is -0.290. The molecule has 0 aliphatic carbocycles. The van der Waals surface area contributed by atoms with Crippen LogP contribution in [0.2, 0.25) is 10.0 Å². The van der Waals surface area contributed by atoms with E-state index in [0.717, 1.165) is 4.31 Å². The molecule has 1 aromatic rings.